The molecule has 0 bridgehead atoms. The average Bonchev–Trinajstić information content (AvgIpc) is 2.69. The van der Waals surface area contributed by atoms with Gasteiger partial charge in [-0.1, -0.05) is 50.0 Å². The molecule has 7 heteroatoms. The zero-order valence-electron chi connectivity index (χ0n) is 12.0. The number of hydrogen-bond donors (Lipinski definition) is 1. The van der Waals surface area contributed by atoms with Gasteiger partial charge in [-0.2, -0.15) is 0 Å². The van der Waals surface area contributed by atoms with Gasteiger partial charge in [0, 0.05) is 0 Å². The van der Waals surface area contributed by atoms with E-state index in [2.05, 4.69) is 0 Å². The Morgan fingerprint density at radius 2 is 1.95 bits per heavy atom. The van der Waals surface area contributed by atoms with Crippen LogP contribution in [0.4, 0.5) is 0 Å². The molecular weight excluding hydrogens is 322 g/mol. The molecule has 0 aromatic heterocycles. The molecule has 1 aliphatic rings. The molecule has 2 rings (SSSR count). The van der Waals surface area contributed by atoms with E-state index in [9.17, 15) is 19.8 Å². The summed E-state index contributed by atoms with van der Waals surface area (Å²) in [6.07, 6.45) is 1.62. The maximum Gasteiger partial charge on any atom is 0.266 e. The molecule has 0 saturated carbocycles. The molecule has 0 unspecified atom stereocenters. The second kappa shape index (κ2) is 6.50. The van der Waals surface area contributed by atoms with Crippen molar-refractivity contribution in [2.45, 2.75) is 19.9 Å². The fraction of sp³-hybridized carbons (Fsp3) is 0.267. The smallest absolute Gasteiger partial charge is 0.266 e. The number of hydrogen-bond acceptors (Lipinski definition) is 6. The van der Waals surface area contributed by atoms with Gasteiger partial charge >= 0.3 is 0 Å². The first-order chi connectivity index (χ1) is 10.3. The minimum absolute atomic E-state index is 0.126. The summed E-state index contributed by atoms with van der Waals surface area (Å²) in [4.78, 5) is 25.2. The van der Waals surface area contributed by atoms with Crippen LogP contribution >= 0.6 is 24.0 Å². The number of phenolic OH excluding ortho intramolecular Hbond substituents is 1. The van der Waals surface area contributed by atoms with Crippen molar-refractivity contribution >= 4 is 46.3 Å². The van der Waals surface area contributed by atoms with Crippen LogP contribution in [0, 0.1) is 5.92 Å². The van der Waals surface area contributed by atoms with Crippen LogP contribution in [0.15, 0.2) is 29.2 Å². The molecular formula is C15H14NO4S2-. The van der Waals surface area contributed by atoms with Crippen LogP contribution in [0.1, 0.15) is 19.4 Å². The predicted octanol–water partition coefficient (Wildman–Crippen LogP) is 1.37. The second-order valence-corrected chi connectivity index (χ2v) is 6.83. The first kappa shape index (κ1) is 16.5. The van der Waals surface area contributed by atoms with E-state index in [0.717, 1.165) is 16.7 Å². The summed E-state index contributed by atoms with van der Waals surface area (Å²) in [5.74, 6) is -1.95. The topological polar surface area (TPSA) is 80.7 Å². The van der Waals surface area contributed by atoms with Gasteiger partial charge in [0.15, 0.2) is 0 Å². The lowest BCUT2D eigenvalue weighted by Crippen LogP contribution is -2.52. The number of aliphatic carboxylic acids is 1. The van der Waals surface area contributed by atoms with Crippen molar-refractivity contribution in [3.63, 3.8) is 0 Å². The highest BCUT2D eigenvalue weighted by atomic mass is 32.2. The Bertz CT molecular complexity index is 652. The lowest BCUT2D eigenvalue weighted by molar-refractivity contribution is -0.311. The van der Waals surface area contributed by atoms with Gasteiger partial charge in [0.25, 0.3) is 5.91 Å². The van der Waals surface area contributed by atoms with Crippen LogP contribution in [0.5, 0.6) is 5.75 Å². The van der Waals surface area contributed by atoms with E-state index < -0.39 is 17.9 Å². The fourth-order valence-corrected chi connectivity index (χ4v) is 3.45. The Morgan fingerprint density at radius 3 is 2.45 bits per heavy atom. The number of carbonyl (C=O) groups is 2. The van der Waals surface area contributed by atoms with Gasteiger partial charge in [0.05, 0.1) is 16.9 Å². The highest BCUT2D eigenvalue weighted by molar-refractivity contribution is 8.26. The maximum absolute atomic E-state index is 12.4. The number of thiocarbonyl (C=S) groups is 1. The molecule has 1 aliphatic heterocycles. The molecule has 1 N–H and O–H groups in total. The third kappa shape index (κ3) is 3.31. The van der Waals surface area contributed by atoms with Crippen molar-refractivity contribution in [2.24, 2.45) is 5.92 Å². The van der Waals surface area contributed by atoms with Crippen LogP contribution in [0.2, 0.25) is 0 Å². The molecule has 5 nitrogen and oxygen atoms in total. The van der Waals surface area contributed by atoms with E-state index >= 15 is 0 Å². The Labute approximate surface area is 137 Å². The number of carbonyl (C=O) groups excluding carboxylic acids is 2. The highest BCUT2D eigenvalue weighted by Crippen LogP contribution is 2.35. The maximum atomic E-state index is 12.4. The summed E-state index contributed by atoms with van der Waals surface area (Å²) in [7, 11) is 0. The number of carboxylic acid groups (broad SMARTS) is 1. The Morgan fingerprint density at radius 1 is 1.36 bits per heavy atom. The molecule has 1 atom stereocenters. The molecule has 1 fully saturated rings. The summed E-state index contributed by atoms with van der Waals surface area (Å²) in [5.41, 5.74) is 0.716. The van der Waals surface area contributed by atoms with Crippen molar-refractivity contribution < 1.29 is 19.8 Å². The Kier molecular flexibility index (Phi) is 4.87. The van der Waals surface area contributed by atoms with Crippen molar-refractivity contribution in [1.29, 1.82) is 0 Å². The zero-order valence-corrected chi connectivity index (χ0v) is 13.6. The first-order valence-corrected chi connectivity index (χ1v) is 7.80. The third-order valence-electron chi connectivity index (χ3n) is 3.17. The lowest BCUT2D eigenvalue weighted by Gasteiger charge is -2.30. The molecule has 116 valence electrons. The molecule has 22 heavy (non-hydrogen) atoms. The number of thioether (sulfide) groups is 1. The summed E-state index contributed by atoms with van der Waals surface area (Å²) in [5, 5.41) is 20.6. The van der Waals surface area contributed by atoms with Crippen molar-refractivity contribution in [3.05, 3.63) is 34.7 Å². The van der Waals surface area contributed by atoms with E-state index in [-0.39, 0.29) is 16.0 Å². The standard InChI is InChI=1S/C15H15NO4S2/c1-8(2)12(14(19)20)16-13(18)11(22-15(16)21)7-9-3-5-10(17)6-4-9/h3-8,12,17H,1-2H3,(H,19,20)/p-1/b11-7-/t12-/m0/s1. The Hall–Kier alpha value is -1.86. The first-order valence-electron chi connectivity index (χ1n) is 6.58. The molecule has 0 aliphatic carbocycles. The summed E-state index contributed by atoms with van der Waals surface area (Å²) >= 11 is 6.20. The van der Waals surface area contributed by atoms with Gasteiger partial charge in [-0.25, -0.2) is 0 Å². The fourth-order valence-electron chi connectivity index (χ4n) is 2.12. The van der Waals surface area contributed by atoms with E-state index in [4.69, 9.17) is 12.2 Å². The van der Waals surface area contributed by atoms with Crippen molar-refractivity contribution in [2.75, 3.05) is 0 Å². The van der Waals surface area contributed by atoms with Crippen molar-refractivity contribution in [1.82, 2.24) is 4.90 Å². The summed E-state index contributed by atoms with van der Waals surface area (Å²) in [6, 6.07) is 5.23. The molecule has 0 spiro atoms. The van der Waals surface area contributed by atoms with Gasteiger partial charge < -0.3 is 15.0 Å². The van der Waals surface area contributed by atoms with E-state index in [1.807, 2.05) is 0 Å². The lowest BCUT2D eigenvalue weighted by atomic mass is 10.0. The van der Waals surface area contributed by atoms with Crippen LogP contribution in [0.3, 0.4) is 0 Å². The molecule has 1 aromatic carbocycles. The van der Waals surface area contributed by atoms with Crippen LogP contribution in [-0.4, -0.2) is 32.2 Å². The van der Waals surface area contributed by atoms with Crippen LogP contribution in [0.25, 0.3) is 6.08 Å². The minimum atomic E-state index is -1.32. The minimum Gasteiger partial charge on any atom is -0.548 e. The zero-order chi connectivity index (χ0) is 16.4. The van der Waals surface area contributed by atoms with Gasteiger partial charge in [0.1, 0.15) is 10.1 Å². The highest BCUT2D eigenvalue weighted by Gasteiger charge is 2.38. The number of rotatable bonds is 4. The quantitative estimate of drug-likeness (QED) is 0.661. The van der Waals surface area contributed by atoms with Gasteiger partial charge in [0.2, 0.25) is 0 Å². The summed E-state index contributed by atoms with van der Waals surface area (Å²) in [6.45, 7) is 3.39. The van der Waals surface area contributed by atoms with Gasteiger partial charge in [-0.3, -0.25) is 9.69 Å². The summed E-state index contributed by atoms with van der Waals surface area (Å²) < 4.78 is 0.206. The number of carboxylic acids is 1. The number of phenols is 1. The van der Waals surface area contributed by atoms with Gasteiger partial charge in [-0.15, -0.1) is 0 Å². The van der Waals surface area contributed by atoms with Crippen LogP contribution < -0.4 is 5.11 Å². The monoisotopic (exact) mass is 336 g/mol. The van der Waals surface area contributed by atoms with E-state index in [1.165, 1.54) is 12.1 Å². The largest absolute Gasteiger partial charge is 0.548 e. The number of benzene rings is 1. The number of aromatic hydroxyl groups is 1. The predicted molar refractivity (Wildman–Crippen MR) is 86.8 cm³/mol. The molecule has 1 amide bonds. The molecule has 1 saturated heterocycles. The van der Waals surface area contributed by atoms with E-state index in [0.29, 0.717) is 10.5 Å². The molecule has 1 aromatic rings. The normalized spacial score (nSPS) is 18.3. The number of nitrogens with zero attached hydrogens (tertiary/aromatic N) is 1. The van der Waals surface area contributed by atoms with Crippen LogP contribution in [-0.2, 0) is 9.59 Å². The van der Waals surface area contributed by atoms with E-state index in [1.54, 1.807) is 32.1 Å². The Balaban J connectivity index is 2.32. The molecule has 0 radical (unpaired) electrons. The van der Waals surface area contributed by atoms with Gasteiger partial charge in [-0.05, 0) is 29.7 Å². The SMILES string of the molecule is CC(C)[C@@H](C(=O)[O-])N1C(=O)/C(=C/c2ccc(O)cc2)SC1=S. The second-order valence-electron chi connectivity index (χ2n) is 5.15. The van der Waals surface area contributed by atoms with Crippen molar-refractivity contribution in [3.8, 4) is 5.75 Å². The third-order valence-corrected chi connectivity index (χ3v) is 4.50. The molecule has 1 heterocycles. The number of amides is 1. The average molecular weight is 336 g/mol.